The Balaban J connectivity index is 0.00000675. The largest absolute Gasteiger partial charge is 0.394 e. The van der Waals surface area contributed by atoms with Gasteiger partial charge in [-0.1, -0.05) is 62.2 Å². The van der Waals surface area contributed by atoms with Gasteiger partial charge in [-0.05, 0) is 35.6 Å². The van der Waals surface area contributed by atoms with Gasteiger partial charge in [-0.3, -0.25) is 4.79 Å². The average molecular weight is 681 g/mol. The highest BCUT2D eigenvalue weighted by molar-refractivity contribution is 6.31. The first-order chi connectivity index (χ1) is 20.0. The van der Waals surface area contributed by atoms with Crippen molar-refractivity contribution in [2.45, 2.75) is 75.0 Å². The smallest absolute Gasteiger partial charge is 0.240 e. The fourth-order valence-corrected chi connectivity index (χ4v) is 6.16. The number of carbonyl (C=O) groups excluding carboxylic acids is 1. The zero-order valence-corrected chi connectivity index (χ0v) is 26.9. The number of aliphatic hydroxyl groups is 5. The van der Waals surface area contributed by atoms with Crippen molar-refractivity contribution in [2.24, 2.45) is 5.41 Å². The summed E-state index contributed by atoms with van der Waals surface area (Å²) in [4.78, 5) is 15.1. The monoisotopic (exact) mass is 679 g/mol. The summed E-state index contributed by atoms with van der Waals surface area (Å²) in [6.45, 7) is 4.25. The van der Waals surface area contributed by atoms with Gasteiger partial charge >= 0.3 is 0 Å². The fraction of sp³-hybridized carbons (Fsp3) is 0.533. The third kappa shape index (κ3) is 7.64. The minimum absolute atomic E-state index is 0. The van der Waals surface area contributed by atoms with Crippen molar-refractivity contribution in [1.29, 1.82) is 5.26 Å². The van der Waals surface area contributed by atoms with Crippen LogP contribution in [0.25, 0.3) is 0 Å². The molecule has 0 unspecified atom stereocenters. The molecule has 1 heterocycles. The molecule has 0 saturated carbocycles. The number of nitriles is 1. The predicted molar refractivity (Wildman–Crippen MR) is 164 cm³/mol. The van der Waals surface area contributed by atoms with Crippen LogP contribution in [0.5, 0.6) is 0 Å². The Morgan fingerprint density at radius 1 is 1.11 bits per heavy atom. The van der Waals surface area contributed by atoms with Crippen LogP contribution in [0.15, 0.2) is 36.4 Å². The average Bonchev–Trinajstić information content (AvgIpc) is 3.25. The van der Waals surface area contributed by atoms with Gasteiger partial charge < -0.3 is 35.7 Å². The number of likely N-dealkylation sites (N-methyl/N-ethyl adjacent to an activating group) is 1. The van der Waals surface area contributed by atoms with Gasteiger partial charge in [-0.2, -0.15) is 5.26 Å². The minimum Gasteiger partial charge on any atom is -0.394 e. The van der Waals surface area contributed by atoms with Crippen LogP contribution in [0.2, 0.25) is 10.0 Å². The molecule has 244 valence electrons. The highest BCUT2D eigenvalue weighted by atomic mass is 35.5. The Hall–Kier alpha value is -2.11. The van der Waals surface area contributed by atoms with Crippen LogP contribution in [0, 0.1) is 28.4 Å². The standard InChI is InChI=1S/C30H37Cl2F2N3O6.ClH/c1-29(2,3)11-22-30(14-35,17-9-8-15(31)10-19(17)33)23(16-6-5-7-18(32)24(16)34)25(36-22)28(43)37(4)12-20(39)26(41)27(42)21(40)13-38;/h5-10,20-23,25-27,36,38-42H,11-13H2,1-4H3;1H/t20-,21+,22-,23-,25+,26+,27+,30-;/m0./s1. The van der Waals surface area contributed by atoms with Gasteiger partial charge in [0, 0.05) is 36.1 Å². The molecule has 3 rings (SSSR count). The molecule has 1 aliphatic heterocycles. The van der Waals surface area contributed by atoms with Gasteiger partial charge in [0.15, 0.2) is 0 Å². The molecule has 8 atom stereocenters. The fourth-order valence-electron chi connectivity index (χ4n) is 5.82. The first-order valence-electron chi connectivity index (χ1n) is 13.6. The van der Waals surface area contributed by atoms with E-state index in [9.17, 15) is 30.5 Å². The second kappa shape index (κ2) is 15.0. The summed E-state index contributed by atoms with van der Waals surface area (Å²) >= 11 is 12.2. The van der Waals surface area contributed by atoms with Crippen LogP contribution < -0.4 is 5.32 Å². The van der Waals surface area contributed by atoms with Crippen LogP contribution in [0.4, 0.5) is 8.78 Å². The molecule has 1 aliphatic rings. The molecule has 0 radical (unpaired) electrons. The molecule has 0 spiro atoms. The number of benzene rings is 2. The lowest BCUT2D eigenvalue weighted by atomic mass is 9.62. The van der Waals surface area contributed by atoms with E-state index >= 15 is 8.78 Å². The van der Waals surface area contributed by atoms with Gasteiger partial charge in [-0.15, -0.1) is 12.4 Å². The molecule has 6 N–H and O–H groups in total. The van der Waals surface area contributed by atoms with Gasteiger partial charge in [0.05, 0.1) is 23.7 Å². The number of halogens is 5. The van der Waals surface area contributed by atoms with E-state index in [0.29, 0.717) is 0 Å². The lowest BCUT2D eigenvalue weighted by Gasteiger charge is -2.37. The lowest BCUT2D eigenvalue weighted by molar-refractivity contribution is -0.139. The van der Waals surface area contributed by atoms with Crippen molar-refractivity contribution in [1.82, 2.24) is 10.2 Å². The van der Waals surface area contributed by atoms with Crippen LogP contribution in [0.1, 0.15) is 44.2 Å². The number of nitrogens with zero attached hydrogens (tertiary/aromatic N) is 2. The Bertz CT molecular complexity index is 1360. The Morgan fingerprint density at radius 2 is 1.73 bits per heavy atom. The maximum atomic E-state index is 15.8. The SMILES string of the molecule is CN(C[C@H](O)[C@@H](O)[C@H](O)[C@H](O)CO)C(=O)[C@@H]1N[C@@H](CC(C)(C)C)[C@](C#N)(c2ccc(Cl)cc2F)[C@H]1c1cccc(Cl)c1F.Cl. The first kappa shape index (κ1) is 38.1. The Kier molecular flexibility index (Phi) is 13.0. The van der Waals surface area contributed by atoms with Crippen LogP contribution >= 0.6 is 35.6 Å². The molecule has 2 aromatic carbocycles. The zero-order valence-electron chi connectivity index (χ0n) is 24.6. The quantitative estimate of drug-likeness (QED) is 0.224. The summed E-state index contributed by atoms with van der Waals surface area (Å²) in [5.74, 6) is -3.78. The molecule has 1 amide bonds. The minimum atomic E-state index is -1.94. The molecule has 0 aromatic heterocycles. The summed E-state index contributed by atoms with van der Waals surface area (Å²) < 4.78 is 31.5. The second-order valence-corrected chi connectivity index (χ2v) is 13.0. The maximum Gasteiger partial charge on any atom is 0.240 e. The molecule has 0 bridgehead atoms. The molecule has 1 saturated heterocycles. The summed E-state index contributed by atoms with van der Waals surface area (Å²) in [5, 5.41) is 63.4. The highest BCUT2D eigenvalue weighted by Crippen LogP contribution is 2.53. The predicted octanol–water partition coefficient (Wildman–Crippen LogP) is 2.91. The number of rotatable bonds is 10. The summed E-state index contributed by atoms with van der Waals surface area (Å²) in [7, 11) is 1.29. The van der Waals surface area contributed by atoms with Crippen molar-refractivity contribution >= 4 is 41.5 Å². The molecular formula is C30H38Cl3F2N3O6. The van der Waals surface area contributed by atoms with Gasteiger partial charge in [0.25, 0.3) is 0 Å². The van der Waals surface area contributed by atoms with E-state index in [-0.39, 0.29) is 40.0 Å². The van der Waals surface area contributed by atoms with Gasteiger partial charge in [0.2, 0.25) is 5.91 Å². The van der Waals surface area contributed by atoms with Crippen LogP contribution in [-0.4, -0.2) is 93.0 Å². The number of aliphatic hydroxyl groups excluding tert-OH is 5. The van der Waals surface area contributed by atoms with Crippen molar-refractivity contribution in [3.63, 3.8) is 0 Å². The van der Waals surface area contributed by atoms with E-state index in [4.69, 9.17) is 28.3 Å². The molecule has 14 heteroatoms. The van der Waals surface area contributed by atoms with Gasteiger partial charge in [0.1, 0.15) is 41.5 Å². The highest BCUT2D eigenvalue weighted by Gasteiger charge is 2.61. The summed E-state index contributed by atoms with van der Waals surface area (Å²) in [6.07, 6.45) is -7.13. The first-order valence-corrected chi connectivity index (χ1v) is 14.4. The third-order valence-corrected chi connectivity index (χ3v) is 8.40. The Labute approximate surface area is 271 Å². The van der Waals surface area contributed by atoms with Crippen molar-refractivity contribution in [2.75, 3.05) is 20.2 Å². The van der Waals surface area contributed by atoms with E-state index in [0.717, 1.165) is 11.0 Å². The Morgan fingerprint density at radius 3 is 2.27 bits per heavy atom. The number of hydrogen-bond acceptors (Lipinski definition) is 8. The zero-order chi connectivity index (χ0) is 32.4. The molecule has 2 aromatic rings. The summed E-state index contributed by atoms with van der Waals surface area (Å²) in [6, 6.07) is 7.92. The molecule has 44 heavy (non-hydrogen) atoms. The number of carbonyl (C=O) groups is 1. The third-order valence-electron chi connectivity index (χ3n) is 7.88. The van der Waals surface area contributed by atoms with Crippen LogP contribution in [-0.2, 0) is 10.2 Å². The van der Waals surface area contributed by atoms with E-state index in [1.807, 2.05) is 20.8 Å². The molecular weight excluding hydrogens is 643 g/mol. The van der Waals surface area contributed by atoms with E-state index < -0.39 is 83.9 Å². The van der Waals surface area contributed by atoms with Crippen molar-refractivity contribution in [3.8, 4) is 6.07 Å². The van der Waals surface area contributed by atoms with E-state index in [1.165, 1.54) is 37.4 Å². The number of nitrogens with one attached hydrogen (secondary N) is 1. The second-order valence-electron chi connectivity index (χ2n) is 12.2. The maximum absolute atomic E-state index is 15.8. The molecule has 9 nitrogen and oxygen atoms in total. The number of hydrogen-bond donors (Lipinski definition) is 6. The topological polar surface area (TPSA) is 157 Å². The lowest BCUT2D eigenvalue weighted by Crippen LogP contribution is -2.52. The van der Waals surface area contributed by atoms with Crippen LogP contribution in [0.3, 0.4) is 0 Å². The molecule has 0 aliphatic carbocycles. The summed E-state index contributed by atoms with van der Waals surface area (Å²) in [5.41, 5.74) is -2.51. The van der Waals surface area contributed by atoms with E-state index in [1.54, 1.807) is 0 Å². The molecule has 1 fully saturated rings. The normalized spacial score (nSPS) is 24.5. The van der Waals surface area contributed by atoms with Gasteiger partial charge in [-0.25, -0.2) is 8.78 Å². The van der Waals surface area contributed by atoms with E-state index in [2.05, 4.69) is 11.4 Å². The van der Waals surface area contributed by atoms with Crippen molar-refractivity contribution < 1.29 is 39.1 Å². The number of amides is 1. The van der Waals surface area contributed by atoms with Crippen molar-refractivity contribution in [3.05, 3.63) is 69.2 Å².